The van der Waals surface area contributed by atoms with Gasteiger partial charge in [0.15, 0.2) is 6.10 Å². The number of nitrogens with two attached hydrogens (primary N) is 1. The highest BCUT2D eigenvalue weighted by atomic mass is 19.1. The predicted molar refractivity (Wildman–Crippen MR) is 75.0 cm³/mol. The van der Waals surface area contributed by atoms with Crippen LogP contribution in [0.4, 0.5) is 4.39 Å². The normalized spacial score (nSPS) is 13.7. The molecule has 0 heterocycles. The van der Waals surface area contributed by atoms with E-state index < -0.39 is 12.1 Å². The van der Waals surface area contributed by atoms with Crippen molar-refractivity contribution in [2.45, 2.75) is 45.8 Å². The molecule has 0 amide bonds. The minimum Gasteiger partial charge on any atom is -0.478 e. The summed E-state index contributed by atoms with van der Waals surface area (Å²) in [4.78, 5) is 11.8. The Morgan fingerprint density at radius 3 is 2.65 bits per heavy atom. The van der Waals surface area contributed by atoms with Gasteiger partial charge in [0.25, 0.3) is 0 Å². The quantitative estimate of drug-likeness (QED) is 0.781. The number of hydrogen-bond donors (Lipinski definition) is 1. The maximum Gasteiger partial charge on any atom is 0.347 e. The number of halogens is 1. The molecule has 0 aliphatic rings. The van der Waals surface area contributed by atoms with Gasteiger partial charge in [-0.25, -0.2) is 9.18 Å². The van der Waals surface area contributed by atoms with Gasteiger partial charge in [-0.05, 0) is 38.5 Å². The van der Waals surface area contributed by atoms with Crippen molar-refractivity contribution >= 4 is 5.97 Å². The van der Waals surface area contributed by atoms with Gasteiger partial charge in [-0.1, -0.05) is 13.3 Å². The van der Waals surface area contributed by atoms with E-state index in [0.29, 0.717) is 24.3 Å². The summed E-state index contributed by atoms with van der Waals surface area (Å²) in [5, 5.41) is 0. The minimum atomic E-state index is -0.692. The van der Waals surface area contributed by atoms with E-state index in [0.717, 1.165) is 6.42 Å². The van der Waals surface area contributed by atoms with Crippen LogP contribution in [-0.4, -0.2) is 18.7 Å². The third-order valence-corrected chi connectivity index (χ3v) is 2.83. The van der Waals surface area contributed by atoms with Gasteiger partial charge in [0.05, 0.1) is 6.61 Å². The predicted octanol–water partition coefficient (Wildman–Crippen LogP) is 2.96. The van der Waals surface area contributed by atoms with Crippen LogP contribution >= 0.6 is 0 Å². The van der Waals surface area contributed by atoms with E-state index in [-0.39, 0.29) is 11.9 Å². The van der Waals surface area contributed by atoms with Gasteiger partial charge in [-0.3, -0.25) is 0 Å². The van der Waals surface area contributed by atoms with E-state index in [1.165, 1.54) is 18.2 Å². The standard InChI is InChI=1S/C15H22FNO3/c1-4-6-14(15(18)19-5-2)20-13-8-7-11(16)9-12(13)10(3)17/h7-10,14H,4-6,17H2,1-3H3/t10-,14?/m1/s1. The second-order valence-electron chi connectivity index (χ2n) is 4.62. The first-order valence-corrected chi connectivity index (χ1v) is 6.87. The van der Waals surface area contributed by atoms with Gasteiger partial charge in [-0.2, -0.15) is 0 Å². The van der Waals surface area contributed by atoms with Crippen molar-refractivity contribution < 1.29 is 18.7 Å². The lowest BCUT2D eigenvalue weighted by atomic mass is 10.1. The number of carbonyl (C=O) groups is 1. The van der Waals surface area contributed by atoms with Crippen molar-refractivity contribution in [3.8, 4) is 5.75 Å². The van der Waals surface area contributed by atoms with E-state index >= 15 is 0 Å². The molecule has 0 aromatic heterocycles. The van der Waals surface area contributed by atoms with Gasteiger partial charge < -0.3 is 15.2 Å². The van der Waals surface area contributed by atoms with Crippen molar-refractivity contribution in [2.24, 2.45) is 5.73 Å². The van der Waals surface area contributed by atoms with E-state index in [9.17, 15) is 9.18 Å². The van der Waals surface area contributed by atoms with Gasteiger partial charge in [0.2, 0.25) is 0 Å². The van der Waals surface area contributed by atoms with E-state index in [1.807, 2.05) is 6.92 Å². The highest BCUT2D eigenvalue weighted by Gasteiger charge is 2.22. The van der Waals surface area contributed by atoms with Crippen molar-refractivity contribution in [1.29, 1.82) is 0 Å². The summed E-state index contributed by atoms with van der Waals surface area (Å²) in [7, 11) is 0. The lowest BCUT2D eigenvalue weighted by molar-refractivity contribution is -0.151. The first kappa shape index (κ1) is 16.4. The molecule has 4 nitrogen and oxygen atoms in total. The summed E-state index contributed by atoms with van der Waals surface area (Å²) in [5.41, 5.74) is 6.34. The van der Waals surface area contributed by atoms with Crippen LogP contribution in [0.2, 0.25) is 0 Å². The molecule has 1 rings (SSSR count). The SMILES string of the molecule is CCCC(Oc1ccc(F)cc1[C@@H](C)N)C(=O)OCC. The Hall–Kier alpha value is -1.62. The van der Waals surface area contributed by atoms with Crippen LogP contribution in [0, 0.1) is 5.82 Å². The van der Waals surface area contributed by atoms with Gasteiger partial charge in [0.1, 0.15) is 11.6 Å². The number of hydrogen-bond acceptors (Lipinski definition) is 4. The first-order valence-electron chi connectivity index (χ1n) is 6.87. The summed E-state index contributed by atoms with van der Waals surface area (Å²) in [6.45, 7) is 5.73. The Labute approximate surface area is 119 Å². The van der Waals surface area contributed by atoms with E-state index in [1.54, 1.807) is 13.8 Å². The van der Waals surface area contributed by atoms with Crippen LogP contribution in [0.15, 0.2) is 18.2 Å². The largest absolute Gasteiger partial charge is 0.478 e. The zero-order valence-electron chi connectivity index (χ0n) is 12.2. The van der Waals surface area contributed by atoms with Crippen LogP contribution in [0.1, 0.15) is 45.2 Å². The minimum absolute atomic E-state index is 0.298. The molecular weight excluding hydrogens is 261 g/mol. The number of esters is 1. The number of ether oxygens (including phenoxy) is 2. The molecule has 0 saturated heterocycles. The molecule has 0 fully saturated rings. The molecule has 0 bridgehead atoms. The Morgan fingerprint density at radius 2 is 2.10 bits per heavy atom. The topological polar surface area (TPSA) is 61.5 Å². The first-order chi connectivity index (χ1) is 9.49. The smallest absolute Gasteiger partial charge is 0.347 e. The van der Waals surface area contributed by atoms with Crippen LogP contribution in [0.5, 0.6) is 5.75 Å². The Balaban J connectivity index is 2.95. The van der Waals surface area contributed by atoms with Crippen LogP contribution in [0.3, 0.4) is 0 Å². The highest BCUT2D eigenvalue weighted by molar-refractivity contribution is 5.75. The third-order valence-electron chi connectivity index (χ3n) is 2.83. The molecule has 2 N–H and O–H groups in total. The summed E-state index contributed by atoms with van der Waals surface area (Å²) in [5.74, 6) is -0.366. The van der Waals surface area contributed by atoms with E-state index in [4.69, 9.17) is 15.2 Å². The lowest BCUT2D eigenvalue weighted by Crippen LogP contribution is -2.30. The van der Waals surface area contributed by atoms with Crippen molar-refractivity contribution in [1.82, 2.24) is 0 Å². The van der Waals surface area contributed by atoms with Gasteiger partial charge >= 0.3 is 5.97 Å². The van der Waals surface area contributed by atoms with Crippen molar-refractivity contribution in [3.05, 3.63) is 29.6 Å². The fraction of sp³-hybridized carbons (Fsp3) is 0.533. The van der Waals surface area contributed by atoms with Crippen molar-refractivity contribution in [2.75, 3.05) is 6.61 Å². The van der Waals surface area contributed by atoms with E-state index in [2.05, 4.69) is 0 Å². The second-order valence-corrected chi connectivity index (χ2v) is 4.62. The molecule has 1 aromatic rings. The Kier molecular flexibility index (Phi) is 6.45. The Bertz CT molecular complexity index is 449. The maximum atomic E-state index is 13.3. The summed E-state index contributed by atoms with van der Waals surface area (Å²) in [6, 6.07) is 3.73. The molecule has 1 aromatic carbocycles. The average Bonchev–Trinajstić information content (AvgIpc) is 2.40. The zero-order chi connectivity index (χ0) is 15.1. The molecule has 112 valence electrons. The average molecular weight is 283 g/mol. The molecule has 0 aliphatic heterocycles. The fourth-order valence-corrected chi connectivity index (χ4v) is 1.86. The molecule has 0 saturated carbocycles. The van der Waals surface area contributed by atoms with Crippen LogP contribution in [-0.2, 0) is 9.53 Å². The van der Waals surface area contributed by atoms with Crippen LogP contribution < -0.4 is 10.5 Å². The third kappa shape index (κ3) is 4.49. The molecule has 2 atom stereocenters. The molecule has 1 unspecified atom stereocenters. The molecule has 20 heavy (non-hydrogen) atoms. The number of benzene rings is 1. The maximum absolute atomic E-state index is 13.3. The molecule has 0 spiro atoms. The van der Waals surface area contributed by atoms with Gasteiger partial charge in [0, 0.05) is 11.6 Å². The van der Waals surface area contributed by atoms with Crippen molar-refractivity contribution in [3.63, 3.8) is 0 Å². The highest BCUT2D eigenvalue weighted by Crippen LogP contribution is 2.26. The summed E-state index contributed by atoms with van der Waals surface area (Å²) < 4.78 is 23.9. The molecular formula is C15H22FNO3. The van der Waals surface area contributed by atoms with Crippen LogP contribution in [0.25, 0.3) is 0 Å². The lowest BCUT2D eigenvalue weighted by Gasteiger charge is -2.20. The number of carbonyl (C=O) groups excluding carboxylic acids is 1. The zero-order valence-corrected chi connectivity index (χ0v) is 12.2. The summed E-state index contributed by atoms with van der Waals surface area (Å²) >= 11 is 0. The summed E-state index contributed by atoms with van der Waals surface area (Å²) in [6.07, 6.45) is 0.621. The van der Waals surface area contributed by atoms with Gasteiger partial charge in [-0.15, -0.1) is 0 Å². The molecule has 0 radical (unpaired) electrons. The Morgan fingerprint density at radius 1 is 1.40 bits per heavy atom. The molecule has 0 aliphatic carbocycles. The fourth-order valence-electron chi connectivity index (χ4n) is 1.86. The second kappa shape index (κ2) is 7.85. The monoisotopic (exact) mass is 283 g/mol. The number of rotatable bonds is 7. The molecule has 5 heteroatoms.